The van der Waals surface area contributed by atoms with Gasteiger partial charge in [0.05, 0.1) is 3.79 Å². The van der Waals surface area contributed by atoms with Crippen molar-refractivity contribution >= 4 is 27.3 Å². The molecule has 0 fully saturated rings. The van der Waals surface area contributed by atoms with E-state index in [0.29, 0.717) is 6.04 Å². The van der Waals surface area contributed by atoms with Gasteiger partial charge in [-0.25, -0.2) is 0 Å². The molecule has 1 unspecified atom stereocenters. The molecule has 13 heavy (non-hydrogen) atoms. The molecule has 1 aromatic rings. The molecule has 0 bridgehead atoms. The highest BCUT2D eigenvalue weighted by atomic mass is 79.9. The van der Waals surface area contributed by atoms with Crippen molar-refractivity contribution in [2.75, 3.05) is 0 Å². The van der Waals surface area contributed by atoms with Gasteiger partial charge in [-0.3, -0.25) is 11.3 Å². The minimum atomic E-state index is 0.413. The van der Waals surface area contributed by atoms with Crippen molar-refractivity contribution in [1.29, 1.82) is 0 Å². The van der Waals surface area contributed by atoms with Gasteiger partial charge in [0.2, 0.25) is 0 Å². The summed E-state index contributed by atoms with van der Waals surface area (Å²) in [5.74, 6) is 5.46. The van der Waals surface area contributed by atoms with Crippen LogP contribution in [0, 0.1) is 0 Å². The molecule has 0 spiro atoms. The van der Waals surface area contributed by atoms with Crippen LogP contribution in [-0.2, 0) is 6.42 Å². The summed E-state index contributed by atoms with van der Waals surface area (Å²) in [6, 6.07) is 4.64. The lowest BCUT2D eigenvalue weighted by Gasteiger charge is -2.12. The molecule has 1 heterocycles. The third kappa shape index (κ3) is 3.77. The third-order valence-corrected chi connectivity index (χ3v) is 3.60. The number of hydrogen-bond acceptors (Lipinski definition) is 3. The minimum absolute atomic E-state index is 0.413. The Balaban J connectivity index is 2.46. The lowest BCUT2D eigenvalue weighted by Crippen LogP contribution is -2.36. The van der Waals surface area contributed by atoms with E-state index in [4.69, 9.17) is 5.84 Å². The summed E-state index contributed by atoms with van der Waals surface area (Å²) in [5.41, 5.74) is 2.85. The van der Waals surface area contributed by atoms with E-state index in [1.165, 1.54) is 15.1 Å². The average Bonchev–Trinajstić information content (AvgIpc) is 2.50. The van der Waals surface area contributed by atoms with Crippen LogP contribution in [0.15, 0.2) is 15.9 Å². The van der Waals surface area contributed by atoms with Gasteiger partial charge in [-0.1, -0.05) is 13.3 Å². The highest BCUT2D eigenvalue weighted by molar-refractivity contribution is 9.11. The molecule has 1 atom stereocenters. The minimum Gasteiger partial charge on any atom is -0.271 e. The number of hydrazine groups is 1. The Bertz CT molecular complexity index is 250. The van der Waals surface area contributed by atoms with Crippen LogP contribution in [0.1, 0.15) is 24.6 Å². The van der Waals surface area contributed by atoms with Gasteiger partial charge in [-0.2, -0.15) is 0 Å². The van der Waals surface area contributed by atoms with Crippen LogP contribution in [0.5, 0.6) is 0 Å². The predicted molar refractivity (Wildman–Crippen MR) is 61.7 cm³/mol. The van der Waals surface area contributed by atoms with E-state index in [1.807, 2.05) is 0 Å². The van der Waals surface area contributed by atoms with E-state index in [9.17, 15) is 0 Å². The summed E-state index contributed by atoms with van der Waals surface area (Å²) in [7, 11) is 0. The Morgan fingerprint density at radius 3 is 2.85 bits per heavy atom. The van der Waals surface area contributed by atoms with Gasteiger partial charge in [0.1, 0.15) is 0 Å². The Labute approximate surface area is 91.6 Å². The first-order valence-corrected chi connectivity index (χ1v) is 6.07. The lowest BCUT2D eigenvalue weighted by atomic mass is 10.1. The highest BCUT2D eigenvalue weighted by Gasteiger charge is 2.07. The summed E-state index contributed by atoms with van der Waals surface area (Å²) in [6.07, 6.45) is 3.33. The van der Waals surface area contributed by atoms with Crippen molar-refractivity contribution < 1.29 is 0 Å². The van der Waals surface area contributed by atoms with Gasteiger partial charge in [-0.15, -0.1) is 11.3 Å². The highest BCUT2D eigenvalue weighted by Crippen LogP contribution is 2.23. The lowest BCUT2D eigenvalue weighted by molar-refractivity contribution is 0.489. The first-order chi connectivity index (χ1) is 6.26. The van der Waals surface area contributed by atoms with Crippen LogP contribution in [0.25, 0.3) is 0 Å². The van der Waals surface area contributed by atoms with Crippen molar-refractivity contribution in [1.82, 2.24) is 5.43 Å². The predicted octanol–water partition coefficient (Wildman–Crippen LogP) is 2.69. The Kier molecular flexibility index (Phi) is 4.94. The molecule has 0 amide bonds. The molecule has 0 saturated carbocycles. The smallest absolute Gasteiger partial charge is 0.0701 e. The van der Waals surface area contributed by atoms with E-state index in [1.54, 1.807) is 11.3 Å². The SMILES string of the molecule is CCCC(Cc1ccc(Br)s1)NN. The van der Waals surface area contributed by atoms with Crippen LogP contribution < -0.4 is 11.3 Å². The van der Waals surface area contributed by atoms with Crippen LogP contribution in [0.2, 0.25) is 0 Å². The molecule has 1 rings (SSSR count). The van der Waals surface area contributed by atoms with Crippen molar-refractivity contribution in [3.05, 3.63) is 20.8 Å². The van der Waals surface area contributed by atoms with Crippen molar-refractivity contribution in [2.24, 2.45) is 5.84 Å². The van der Waals surface area contributed by atoms with E-state index in [2.05, 4.69) is 40.4 Å². The second-order valence-corrected chi connectivity index (χ2v) is 5.61. The standard InChI is InChI=1S/C9H15BrN2S/c1-2-3-7(12-11)6-8-4-5-9(10)13-8/h4-5,7,12H,2-3,6,11H2,1H3. The van der Waals surface area contributed by atoms with Crippen molar-refractivity contribution in [3.8, 4) is 0 Å². The quantitative estimate of drug-likeness (QED) is 0.633. The fourth-order valence-corrected chi connectivity index (χ4v) is 2.86. The maximum absolute atomic E-state index is 5.46. The largest absolute Gasteiger partial charge is 0.271 e. The zero-order valence-electron chi connectivity index (χ0n) is 7.72. The number of nitrogens with two attached hydrogens (primary N) is 1. The van der Waals surface area contributed by atoms with Crippen LogP contribution in [-0.4, -0.2) is 6.04 Å². The zero-order chi connectivity index (χ0) is 9.68. The van der Waals surface area contributed by atoms with Gasteiger partial charge >= 0.3 is 0 Å². The Hall–Kier alpha value is 0.1000. The summed E-state index contributed by atoms with van der Waals surface area (Å²) < 4.78 is 1.19. The van der Waals surface area contributed by atoms with Crippen LogP contribution in [0.4, 0.5) is 0 Å². The molecule has 0 aliphatic carbocycles. The molecule has 0 aliphatic heterocycles. The summed E-state index contributed by atoms with van der Waals surface area (Å²) >= 11 is 5.23. The monoisotopic (exact) mass is 262 g/mol. The number of rotatable bonds is 5. The number of nitrogens with one attached hydrogen (secondary N) is 1. The molecule has 74 valence electrons. The van der Waals surface area contributed by atoms with Gasteiger partial charge in [0, 0.05) is 10.9 Å². The van der Waals surface area contributed by atoms with Gasteiger partial charge in [0.15, 0.2) is 0 Å². The first-order valence-electron chi connectivity index (χ1n) is 4.46. The molecule has 4 heteroatoms. The number of hydrogen-bond donors (Lipinski definition) is 2. The van der Waals surface area contributed by atoms with E-state index < -0.39 is 0 Å². The normalized spacial score (nSPS) is 13.2. The summed E-state index contributed by atoms with van der Waals surface area (Å²) in [4.78, 5) is 1.38. The third-order valence-electron chi connectivity index (χ3n) is 1.95. The second-order valence-electron chi connectivity index (χ2n) is 3.06. The fraction of sp³-hybridized carbons (Fsp3) is 0.556. The fourth-order valence-electron chi connectivity index (χ4n) is 1.30. The number of thiophene rings is 1. The Morgan fingerprint density at radius 2 is 2.38 bits per heavy atom. The summed E-state index contributed by atoms with van der Waals surface area (Å²) in [6.45, 7) is 2.18. The molecule has 0 aliphatic rings. The molecule has 1 aromatic heterocycles. The molecular weight excluding hydrogens is 248 g/mol. The summed E-state index contributed by atoms with van der Waals surface area (Å²) in [5, 5.41) is 0. The van der Waals surface area contributed by atoms with Gasteiger partial charge in [0.25, 0.3) is 0 Å². The van der Waals surface area contributed by atoms with Crippen molar-refractivity contribution in [3.63, 3.8) is 0 Å². The number of halogens is 1. The Morgan fingerprint density at radius 1 is 1.62 bits per heavy atom. The first kappa shape index (κ1) is 11.2. The van der Waals surface area contributed by atoms with Gasteiger partial charge in [-0.05, 0) is 40.9 Å². The molecule has 2 nitrogen and oxygen atoms in total. The van der Waals surface area contributed by atoms with Gasteiger partial charge < -0.3 is 0 Å². The van der Waals surface area contributed by atoms with Crippen LogP contribution >= 0.6 is 27.3 Å². The molecule has 0 aromatic carbocycles. The van der Waals surface area contributed by atoms with E-state index >= 15 is 0 Å². The second kappa shape index (κ2) is 5.75. The van der Waals surface area contributed by atoms with E-state index in [-0.39, 0.29) is 0 Å². The van der Waals surface area contributed by atoms with E-state index in [0.717, 1.165) is 12.8 Å². The van der Waals surface area contributed by atoms with Crippen molar-refractivity contribution in [2.45, 2.75) is 32.2 Å². The molecular formula is C9H15BrN2S. The molecule has 3 N–H and O–H groups in total. The topological polar surface area (TPSA) is 38.0 Å². The van der Waals surface area contributed by atoms with Crippen LogP contribution in [0.3, 0.4) is 0 Å². The average molecular weight is 263 g/mol. The zero-order valence-corrected chi connectivity index (χ0v) is 10.1. The maximum atomic E-state index is 5.46. The molecule has 0 saturated heterocycles. The maximum Gasteiger partial charge on any atom is 0.0701 e. The molecule has 0 radical (unpaired) electrons.